The van der Waals surface area contributed by atoms with E-state index in [1.807, 2.05) is 24.3 Å². The molecule has 0 aromatic heterocycles. The summed E-state index contributed by atoms with van der Waals surface area (Å²) in [4.78, 5) is 16.6. The van der Waals surface area contributed by atoms with Crippen molar-refractivity contribution in [2.24, 2.45) is 0 Å². The van der Waals surface area contributed by atoms with Gasteiger partial charge in [-0.3, -0.25) is 0 Å². The lowest BCUT2D eigenvalue weighted by atomic mass is 10.1. The number of nitrogens with one attached hydrogen (secondary N) is 2. The van der Waals surface area contributed by atoms with Crippen molar-refractivity contribution in [3.63, 3.8) is 0 Å². The van der Waals surface area contributed by atoms with Crippen molar-refractivity contribution >= 4 is 33.1 Å². The van der Waals surface area contributed by atoms with Gasteiger partial charge in [-0.25, -0.2) is 17.9 Å². The van der Waals surface area contributed by atoms with Crippen molar-refractivity contribution in [1.29, 1.82) is 0 Å². The molecule has 2 aromatic rings. The highest BCUT2D eigenvalue weighted by atomic mass is 32.2. The van der Waals surface area contributed by atoms with Crippen LogP contribution in [0.5, 0.6) is 0 Å². The number of para-hydroxylation sites is 1. The molecule has 1 saturated heterocycles. The van der Waals surface area contributed by atoms with Gasteiger partial charge in [-0.1, -0.05) is 18.2 Å². The minimum atomic E-state index is -3.28. The molecule has 2 N–H and O–H groups in total. The van der Waals surface area contributed by atoms with E-state index in [1.54, 1.807) is 4.90 Å². The third-order valence-electron chi connectivity index (χ3n) is 5.41. The van der Waals surface area contributed by atoms with Gasteiger partial charge in [0.1, 0.15) is 0 Å². The molecule has 0 aliphatic carbocycles. The fourth-order valence-electron chi connectivity index (χ4n) is 4.09. The van der Waals surface area contributed by atoms with E-state index in [2.05, 4.69) is 39.2 Å². The van der Waals surface area contributed by atoms with Crippen LogP contribution >= 0.6 is 0 Å². The number of benzene rings is 2. The van der Waals surface area contributed by atoms with Crippen molar-refractivity contribution in [2.45, 2.75) is 25.3 Å². The van der Waals surface area contributed by atoms with Crippen LogP contribution in [0.3, 0.4) is 0 Å². The highest BCUT2D eigenvalue weighted by Gasteiger charge is 2.25. The molecule has 0 saturated carbocycles. The van der Waals surface area contributed by atoms with Gasteiger partial charge in [0.15, 0.2) is 0 Å². The predicted molar refractivity (Wildman–Crippen MR) is 115 cm³/mol. The molecule has 7 nitrogen and oxygen atoms in total. The minimum absolute atomic E-state index is 0.204. The minimum Gasteiger partial charge on any atom is -0.341 e. The Morgan fingerprint density at radius 2 is 1.83 bits per heavy atom. The first-order valence-corrected chi connectivity index (χ1v) is 11.8. The van der Waals surface area contributed by atoms with E-state index in [-0.39, 0.29) is 12.1 Å². The first kappa shape index (κ1) is 19.7. The number of hydrogen-bond donors (Lipinski definition) is 2. The Morgan fingerprint density at radius 3 is 2.59 bits per heavy atom. The first-order chi connectivity index (χ1) is 13.9. The second kappa shape index (κ2) is 8.04. The molecule has 4 rings (SSSR count). The van der Waals surface area contributed by atoms with Crippen molar-refractivity contribution in [2.75, 3.05) is 36.1 Å². The summed E-state index contributed by atoms with van der Waals surface area (Å²) in [7, 11) is -3.28. The molecule has 0 unspecified atom stereocenters. The summed E-state index contributed by atoms with van der Waals surface area (Å²) in [5.74, 6) is 0. The molecule has 154 valence electrons. The van der Waals surface area contributed by atoms with Crippen LogP contribution < -0.4 is 14.9 Å². The van der Waals surface area contributed by atoms with Gasteiger partial charge in [0.2, 0.25) is 10.0 Å². The van der Waals surface area contributed by atoms with Gasteiger partial charge in [-0.15, -0.1) is 0 Å². The smallest absolute Gasteiger partial charge is 0.321 e. The molecule has 0 spiro atoms. The van der Waals surface area contributed by atoms with Crippen LogP contribution in [0.4, 0.5) is 21.9 Å². The standard InChI is InChI=1S/C21H26N4O3S/c1-29(27,28)23-18-6-4-13-24(15-18)21(26)22-17-8-10-19(11-9-17)25-14-12-16-5-2-3-7-20(16)25/h2-3,5,7-11,18,23H,4,6,12-15H2,1H3,(H,22,26)/t18-/m0/s1. The lowest BCUT2D eigenvalue weighted by molar-refractivity contribution is 0.190. The molecule has 2 heterocycles. The average molecular weight is 415 g/mol. The summed E-state index contributed by atoms with van der Waals surface area (Å²) >= 11 is 0. The van der Waals surface area contributed by atoms with Gasteiger partial charge >= 0.3 is 6.03 Å². The molecular weight excluding hydrogens is 388 g/mol. The van der Waals surface area contributed by atoms with E-state index in [9.17, 15) is 13.2 Å². The third-order valence-corrected chi connectivity index (χ3v) is 6.17. The lowest BCUT2D eigenvalue weighted by Crippen LogP contribution is -2.50. The number of carbonyl (C=O) groups excluding carboxylic acids is 1. The monoisotopic (exact) mass is 414 g/mol. The lowest BCUT2D eigenvalue weighted by Gasteiger charge is -2.32. The number of hydrogen-bond acceptors (Lipinski definition) is 4. The summed E-state index contributed by atoms with van der Waals surface area (Å²) in [6, 6.07) is 15.8. The van der Waals surface area contributed by atoms with Crippen LogP contribution in [-0.4, -0.2) is 51.3 Å². The fourth-order valence-corrected chi connectivity index (χ4v) is 4.89. The topological polar surface area (TPSA) is 81.8 Å². The van der Waals surface area contributed by atoms with Crippen molar-refractivity contribution in [3.8, 4) is 0 Å². The van der Waals surface area contributed by atoms with E-state index in [4.69, 9.17) is 0 Å². The molecule has 2 aliphatic heterocycles. The molecule has 0 bridgehead atoms. The molecule has 2 amide bonds. The Bertz CT molecular complexity index is 991. The number of rotatable bonds is 4. The zero-order valence-corrected chi connectivity index (χ0v) is 17.3. The number of carbonyl (C=O) groups is 1. The average Bonchev–Trinajstić information content (AvgIpc) is 3.12. The van der Waals surface area contributed by atoms with Gasteiger partial charge in [-0.2, -0.15) is 0 Å². The summed E-state index contributed by atoms with van der Waals surface area (Å²) < 4.78 is 25.5. The predicted octanol–water partition coefficient (Wildman–Crippen LogP) is 2.93. The van der Waals surface area contributed by atoms with Gasteiger partial charge < -0.3 is 15.1 Å². The Kier molecular flexibility index (Phi) is 5.47. The van der Waals surface area contributed by atoms with E-state index < -0.39 is 10.0 Å². The third kappa shape index (κ3) is 4.71. The molecule has 1 atom stereocenters. The Balaban J connectivity index is 1.38. The van der Waals surface area contributed by atoms with Crippen LogP contribution in [0.2, 0.25) is 0 Å². The van der Waals surface area contributed by atoms with Crippen molar-refractivity contribution in [1.82, 2.24) is 9.62 Å². The van der Waals surface area contributed by atoms with E-state index in [0.29, 0.717) is 13.1 Å². The maximum Gasteiger partial charge on any atom is 0.321 e. The number of fused-ring (bicyclic) bond motifs is 1. The van der Waals surface area contributed by atoms with Gasteiger partial charge in [0.05, 0.1) is 6.26 Å². The van der Waals surface area contributed by atoms with Crippen molar-refractivity contribution < 1.29 is 13.2 Å². The zero-order valence-electron chi connectivity index (χ0n) is 16.5. The summed E-state index contributed by atoms with van der Waals surface area (Å²) in [5.41, 5.74) is 4.42. The highest BCUT2D eigenvalue weighted by Crippen LogP contribution is 2.34. The quantitative estimate of drug-likeness (QED) is 0.806. The highest BCUT2D eigenvalue weighted by molar-refractivity contribution is 7.88. The number of sulfonamides is 1. The van der Waals surface area contributed by atoms with Crippen LogP contribution in [0.1, 0.15) is 18.4 Å². The molecule has 0 radical (unpaired) electrons. The second-order valence-corrected chi connectivity index (χ2v) is 9.46. The number of anilines is 3. The fraction of sp³-hybridized carbons (Fsp3) is 0.381. The molecule has 2 aromatic carbocycles. The molecule has 8 heteroatoms. The largest absolute Gasteiger partial charge is 0.341 e. The Morgan fingerprint density at radius 1 is 1.07 bits per heavy atom. The number of piperidine rings is 1. The summed E-state index contributed by atoms with van der Waals surface area (Å²) in [5, 5.41) is 2.92. The first-order valence-electron chi connectivity index (χ1n) is 9.88. The van der Waals surface area contributed by atoms with E-state index >= 15 is 0 Å². The van der Waals surface area contributed by atoms with Crippen LogP contribution in [0, 0.1) is 0 Å². The summed E-state index contributed by atoms with van der Waals surface area (Å²) in [6.07, 6.45) is 3.69. The maximum atomic E-state index is 12.6. The van der Waals surface area contributed by atoms with Crippen LogP contribution in [-0.2, 0) is 16.4 Å². The van der Waals surface area contributed by atoms with Crippen LogP contribution in [0.15, 0.2) is 48.5 Å². The zero-order chi connectivity index (χ0) is 20.4. The van der Waals surface area contributed by atoms with Gasteiger partial charge in [0.25, 0.3) is 0 Å². The second-order valence-electron chi connectivity index (χ2n) is 7.68. The Labute approximate surface area is 171 Å². The van der Waals surface area contributed by atoms with E-state index in [1.165, 1.54) is 11.3 Å². The summed E-state index contributed by atoms with van der Waals surface area (Å²) in [6.45, 7) is 1.95. The molecule has 1 fully saturated rings. The number of likely N-dealkylation sites (tertiary alicyclic amines) is 1. The number of nitrogens with zero attached hydrogens (tertiary/aromatic N) is 2. The normalized spacial score (nSPS) is 19.1. The van der Waals surface area contributed by atoms with Gasteiger partial charge in [0, 0.05) is 42.7 Å². The van der Waals surface area contributed by atoms with E-state index in [0.717, 1.165) is 43.4 Å². The molecular formula is C21H26N4O3S. The number of urea groups is 1. The van der Waals surface area contributed by atoms with Gasteiger partial charge in [-0.05, 0) is 55.2 Å². The number of amides is 2. The van der Waals surface area contributed by atoms with Crippen LogP contribution in [0.25, 0.3) is 0 Å². The maximum absolute atomic E-state index is 12.6. The van der Waals surface area contributed by atoms with Crippen molar-refractivity contribution in [3.05, 3.63) is 54.1 Å². The molecule has 29 heavy (non-hydrogen) atoms. The molecule has 2 aliphatic rings. The Hall–Kier alpha value is -2.58. The SMILES string of the molecule is CS(=O)(=O)N[C@H]1CCCN(C(=O)Nc2ccc(N3CCc4ccccc43)cc2)C1.